The number of hydrogen-bond acceptors (Lipinski definition) is 4. The Morgan fingerprint density at radius 1 is 1.26 bits per heavy atom. The fourth-order valence-electron chi connectivity index (χ4n) is 3.45. The number of nitrogens with zero attached hydrogens (tertiary/aromatic N) is 1. The number of amides is 2. The summed E-state index contributed by atoms with van der Waals surface area (Å²) in [7, 11) is 0. The third kappa shape index (κ3) is 5.66. The number of thiocarbonyl (C=S) groups is 1. The van der Waals surface area contributed by atoms with E-state index in [1.807, 2.05) is 37.3 Å². The molecule has 1 saturated heterocycles. The second kappa shape index (κ2) is 9.51. The molecule has 2 fully saturated rings. The van der Waals surface area contributed by atoms with Gasteiger partial charge in [-0.1, -0.05) is 73.1 Å². The molecule has 1 saturated carbocycles. The normalized spacial score (nSPS) is 19.7. The number of aryl methyl sites for hydroxylation is 1. The highest BCUT2D eigenvalue weighted by molar-refractivity contribution is 8.26. The van der Waals surface area contributed by atoms with Crippen LogP contribution >= 0.6 is 24.0 Å². The summed E-state index contributed by atoms with van der Waals surface area (Å²) in [5.41, 5.74) is 2.18. The highest BCUT2D eigenvalue weighted by Crippen LogP contribution is 2.32. The van der Waals surface area contributed by atoms with E-state index >= 15 is 0 Å². The third-order valence-electron chi connectivity index (χ3n) is 5.00. The Morgan fingerprint density at radius 2 is 1.96 bits per heavy atom. The van der Waals surface area contributed by atoms with E-state index in [-0.39, 0.29) is 11.8 Å². The van der Waals surface area contributed by atoms with E-state index in [2.05, 4.69) is 5.32 Å². The zero-order chi connectivity index (χ0) is 19.2. The number of nitrogens with one attached hydrogen (secondary N) is 1. The molecule has 0 radical (unpaired) electrons. The van der Waals surface area contributed by atoms with E-state index in [9.17, 15) is 9.59 Å². The lowest BCUT2D eigenvalue weighted by Crippen LogP contribution is -2.36. The topological polar surface area (TPSA) is 49.4 Å². The first-order valence-electron chi connectivity index (χ1n) is 9.64. The van der Waals surface area contributed by atoms with Crippen molar-refractivity contribution in [2.75, 3.05) is 6.54 Å². The van der Waals surface area contributed by atoms with Gasteiger partial charge in [-0.15, -0.1) is 0 Å². The molecule has 1 aliphatic carbocycles. The lowest BCUT2D eigenvalue weighted by atomic mass is 9.95. The molecule has 4 nitrogen and oxygen atoms in total. The van der Waals surface area contributed by atoms with Gasteiger partial charge in [0.15, 0.2) is 0 Å². The maximum Gasteiger partial charge on any atom is 0.266 e. The first-order chi connectivity index (χ1) is 13.0. The van der Waals surface area contributed by atoms with Crippen molar-refractivity contribution in [3.8, 4) is 0 Å². The van der Waals surface area contributed by atoms with E-state index in [0.717, 1.165) is 18.4 Å². The molecule has 1 aliphatic heterocycles. The zero-order valence-electron chi connectivity index (χ0n) is 15.7. The average Bonchev–Trinajstić information content (AvgIpc) is 2.92. The second-order valence-corrected chi connectivity index (χ2v) is 8.93. The van der Waals surface area contributed by atoms with Crippen molar-refractivity contribution >= 4 is 46.2 Å². The minimum atomic E-state index is -0.0572. The van der Waals surface area contributed by atoms with Gasteiger partial charge in [0.1, 0.15) is 4.32 Å². The van der Waals surface area contributed by atoms with Crippen LogP contribution in [0.25, 0.3) is 6.08 Å². The van der Waals surface area contributed by atoms with Gasteiger partial charge in [-0.05, 0) is 37.8 Å². The fraction of sp³-hybridized carbons (Fsp3) is 0.476. The van der Waals surface area contributed by atoms with Crippen molar-refractivity contribution in [2.24, 2.45) is 0 Å². The van der Waals surface area contributed by atoms with Crippen molar-refractivity contribution in [3.05, 3.63) is 40.3 Å². The van der Waals surface area contributed by atoms with Gasteiger partial charge >= 0.3 is 0 Å². The maximum atomic E-state index is 12.6. The van der Waals surface area contributed by atoms with E-state index < -0.39 is 0 Å². The molecule has 1 aromatic rings. The van der Waals surface area contributed by atoms with E-state index in [4.69, 9.17) is 12.2 Å². The number of hydrogen-bond donors (Lipinski definition) is 1. The lowest BCUT2D eigenvalue weighted by molar-refractivity contribution is -0.124. The van der Waals surface area contributed by atoms with Crippen LogP contribution < -0.4 is 5.32 Å². The van der Waals surface area contributed by atoms with Crippen molar-refractivity contribution in [1.82, 2.24) is 10.2 Å². The quantitative estimate of drug-likeness (QED) is 0.565. The van der Waals surface area contributed by atoms with Crippen LogP contribution in [-0.2, 0) is 9.59 Å². The van der Waals surface area contributed by atoms with Crippen molar-refractivity contribution < 1.29 is 9.59 Å². The largest absolute Gasteiger partial charge is 0.353 e. The van der Waals surface area contributed by atoms with Crippen LogP contribution in [0, 0.1) is 6.92 Å². The summed E-state index contributed by atoms with van der Waals surface area (Å²) in [4.78, 5) is 27.0. The van der Waals surface area contributed by atoms with Crippen LogP contribution in [0.2, 0.25) is 0 Å². The SMILES string of the molecule is Cc1ccc(/C=C2\SC(=S)N(CCCC(=O)NC3CCCCC3)C2=O)cc1. The van der Waals surface area contributed by atoms with Crippen molar-refractivity contribution in [3.63, 3.8) is 0 Å². The number of thioether (sulfide) groups is 1. The fourth-order valence-corrected chi connectivity index (χ4v) is 4.76. The first kappa shape index (κ1) is 20.1. The van der Waals surface area contributed by atoms with Crippen LogP contribution in [-0.4, -0.2) is 33.6 Å². The number of carbonyl (C=O) groups excluding carboxylic acids is 2. The minimum Gasteiger partial charge on any atom is -0.353 e. The van der Waals surface area contributed by atoms with E-state index in [0.29, 0.717) is 34.7 Å². The van der Waals surface area contributed by atoms with Gasteiger partial charge < -0.3 is 5.32 Å². The van der Waals surface area contributed by atoms with Gasteiger partial charge in [-0.3, -0.25) is 14.5 Å². The molecule has 0 spiro atoms. The molecular weight excluding hydrogens is 376 g/mol. The number of benzene rings is 1. The van der Waals surface area contributed by atoms with Crippen LogP contribution in [0.15, 0.2) is 29.2 Å². The Hall–Kier alpha value is -1.66. The van der Waals surface area contributed by atoms with Crippen molar-refractivity contribution in [1.29, 1.82) is 0 Å². The Morgan fingerprint density at radius 3 is 2.67 bits per heavy atom. The van der Waals surface area contributed by atoms with Gasteiger partial charge in [-0.25, -0.2) is 0 Å². The van der Waals surface area contributed by atoms with Gasteiger partial charge in [-0.2, -0.15) is 0 Å². The van der Waals surface area contributed by atoms with Crippen LogP contribution in [0.1, 0.15) is 56.1 Å². The highest BCUT2D eigenvalue weighted by Gasteiger charge is 2.31. The molecule has 6 heteroatoms. The Kier molecular flexibility index (Phi) is 7.07. The molecule has 0 unspecified atom stereocenters. The van der Waals surface area contributed by atoms with Gasteiger partial charge in [0.05, 0.1) is 4.91 Å². The smallest absolute Gasteiger partial charge is 0.266 e. The maximum absolute atomic E-state index is 12.6. The number of rotatable bonds is 6. The summed E-state index contributed by atoms with van der Waals surface area (Å²) in [6.45, 7) is 2.53. The highest BCUT2D eigenvalue weighted by atomic mass is 32.2. The first-order valence-corrected chi connectivity index (χ1v) is 10.9. The van der Waals surface area contributed by atoms with Gasteiger partial charge in [0.2, 0.25) is 5.91 Å². The molecule has 3 rings (SSSR count). The minimum absolute atomic E-state index is 0.0572. The Bertz CT molecular complexity index is 737. The molecule has 1 heterocycles. The summed E-state index contributed by atoms with van der Waals surface area (Å²) in [5.74, 6) is 0.0285. The molecule has 2 amide bonds. The molecular formula is C21H26N2O2S2. The zero-order valence-corrected chi connectivity index (χ0v) is 17.3. The molecule has 144 valence electrons. The monoisotopic (exact) mass is 402 g/mol. The summed E-state index contributed by atoms with van der Waals surface area (Å²) >= 11 is 6.70. The average molecular weight is 403 g/mol. The third-order valence-corrected chi connectivity index (χ3v) is 6.38. The summed E-state index contributed by atoms with van der Waals surface area (Å²) < 4.78 is 0.575. The standard InChI is InChI=1S/C21H26N2O2S2/c1-15-9-11-16(12-10-15)14-18-20(25)23(21(26)27-18)13-5-8-19(24)22-17-6-3-2-4-7-17/h9-12,14,17H,2-8,13H2,1H3,(H,22,24)/b18-14-. The van der Waals surface area contributed by atoms with Crippen LogP contribution in [0.4, 0.5) is 0 Å². The molecule has 1 N–H and O–H groups in total. The van der Waals surface area contributed by atoms with E-state index in [1.165, 1.54) is 36.6 Å². The second-order valence-electron chi connectivity index (χ2n) is 7.25. The van der Waals surface area contributed by atoms with Crippen LogP contribution in [0.3, 0.4) is 0 Å². The predicted molar refractivity (Wildman–Crippen MR) is 115 cm³/mol. The number of carbonyl (C=O) groups is 2. The van der Waals surface area contributed by atoms with E-state index in [1.54, 1.807) is 4.90 Å². The Labute approximate surface area is 170 Å². The van der Waals surface area contributed by atoms with Gasteiger partial charge in [0.25, 0.3) is 5.91 Å². The molecule has 0 aromatic heterocycles. The molecule has 2 aliphatic rings. The predicted octanol–water partition coefficient (Wildman–Crippen LogP) is 4.43. The lowest BCUT2D eigenvalue weighted by Gasteiger charge is -2.23. The molecule has 27 heavy (non-hydrogen) atoms. The van der Waals surface area contributed by atoms with Crippen LogP contribution in [0.5, 0.6) is 0 Å². The van der Waals surface area contributed by atoms with Gasteiger partial charge in [0, 0.05) is 19.0 Å². The van der Waals surface area contributed by atoms with Crippen molar-refractivity contribution in [2.45, 2.75) is 57.9 Å². The summed E-state index contributed by atoms with van der Waals surface area (Å²) in [5, 5.41) is 3.12. The Balaban J connectivity index is 1.48. The summed E-state index contributed by atoms with van der Waals surface area (Å²) in [6, 6.07) is 8.38. The molecule has 0 bridgehead atoms. The molecule has 1 aromatic carbocycles. The molecule has 0 atom stereocenters. The summed E-state index contributed by atoms with van der Waals surface area (Å²) in [6.07, 6.45) is 8.80.